The fraction of sp³-hybridized carbons (Fsp3) is 0.429. The van der Waals surface area contributed by atoms with Crippen LogP contribution in [0, 0.1) is 0 Å². The molecule has 0 fully saturated rings. The molecule has 0 unspecified atom stereocenters. The minimum atomic E-state index is -0.520. The summed E-state index contributed by atoms with van der Waals surface area (Å²) in [5.74, 6) is 0.640. The molecule has 6 heteroatoms. The molecule has 0 bridgehead atoms. The number of aromatic amines is 1. The Morgan fingerprint density at radius 1 is 1.45 bits per heavy atom. The van der Waals surface area contributed by atoms with Crippen molar-refractivity contribution in [1.29, 1.82) is 0 Å². The van der Waals surface area contributed by atoms with Crippen molar-refractivity contribution >= 4 is 17.1 Å². The first kappa shape index (κ1) is 14.3. The molecule has 0 saturated carbocycles. The monoisotopic (exact) mass is 277 g/mol. The van der Waals surface area contributed by atoms with Crippen LogP contribution in [-0.4, -0.2) is 26.8 Å². The van der Waals surface area contributed by atoms with Crippen LogP contribution in [0.3, 0.4) is 0 Å². The summed E-state index contributed by atoms with van der Waals surface area (Å²) in [5, 5.41) is 11.7. The summed E-state index contributed by atoms with van der Waals surface area (Å²) in [7, 11) is 0. The van der Waals surface area contributed by atoms with E-state index in [1.165, 1.54) is 0 Å². The summed E-state index contributed by atoms with van der Waals surface area (Å²) >= 11 is 0. The summed E-state index contributed by atoms with van der Waals surface area (Å²) in [6, 6.07) is 5.47. The number of fused-ring (bicyclic) bond motifs is 1. The van der Waals surface area contributed by atoms with Gasteiger partial charge in [-0.3, -0.25) is 0 Å². The van der Waals surface area contributed by atoms with Crippen LogP contribution in [0.5, 0.6) is 0 Å². The van der Waals surface area contributed by atoms with Gasteiger partial charge in [0.2, 0.25) is 0 Å². The molecule has 2 rings (SSSR count). The van der Waals surface area contributed by atoms with E-state index in [9.17, 15) is 4.79 Å². The molecule has 1 heterocycles. The number of amides is 1. The second-order valence-corrected chi connectivity index (χ2v) is 5.55. The first-order valence-electron chi connectivity index (χ1n) is 6.42. The maximum atomic E-state index is 11.5. The van der Waals surface area contributed by atoms with E-state index in [4.69, 9.17) is 9.84 Å². The molecule has 6 nitrogen and oxygen atoms in total. The van der Waals surface area contributed by atoms with Gasteiger partial charge >= 0.3 is 6.09 Å². The molecular formula is C14H19N3O3. The van der Waals surface area contributed by atoms with Crippen LogP contribution >= 0.6 is 0 Å². The highest BCUT2D eigenvalue weighted by molar-refractivity contribution is 5.76. The summed E-state index contributed by atoms with van der Waals surface area (Å²) in [4.78, 5) is 19.0. The zero-order valence-electron chi connectivity index (χ0n) is 11.9. The lowest BCUT2D eigenvalue weighted by molar-refractivity contribution is 0.0522. The lowest BCUT2D eigenvalue weighted by atomic mass is 10.2. The minimum absolute atomic E-state index is 0.0134. The van der Waals surface area contributed by atoms with E-state index < -0.39 is 11.7 Å². The number of aliphatic hydroxyl groups is 1. The third-order valence-corrected chi connectivity index (χ3v) is 2.58. The van der Waals surface area contributed by atoms with E-state index >= 15 is 0 Å². The molecule has 0 saturated heterocycles. The number of rotatable bonds is 3. The largest absolute Gasteiger partial charge is 0.444 e. The lowest BCUT2D eigenvalue weighted by Crippen LogP contribution is -2.32. The molecular weight excluding hydrogens is 258 g/mol. The van der Waals surface area contributed by atoms with Gasteiger partial charge in [0.1, 0.15) is 11.4 Å². The van der Waals surface area contributed by atoms with Gasteiger partial charge in [-0.15, -0.1) is 0 Å². The van der Waals surface area contributed by atoms with Gasteiger partial charge in [-0.05, 0) is 38.5 Å². The van der Waals surface area contributed by atoms with Crippen LogP contribution in [0.15, 0.2) is 18.2 Å². The van der Waals surface area contributed by atoms with Crippen LogP contribution in [0.25, 0.3) is 11.0 Å². The van der Waals surface area contributed by atoms with Gasteiger partial charge in [0.15, 0.2) is 0 Å². The third-order valence-electron chi connectivity index (χ3n) is 2.58. The highest BCUT2D eigenvalue weighted by atomic mass is 16.6. The van der Waals surface area contributed by atoms with E-state index in [0.717, 1.165) is 16.6 Å². The van der Waals surface area contributed by atoms with Crippen LogP contribution in [0.1, 0.15) is 32.2 Å². The molecule has 1 amide bonds. The number of carbonyl (C=O) groups excluding carboxylic acids is 1. The summed E-state index contributed by atoms with van der Waals surface area (Å²) in [6.07, 6.45) is -0.478. The smallest absolute Gasteiger partial charge is 0.408 e. The Labute approximate surface area is 117 Å². The molecule has 108 valence electrons. The van der Waals surface area contributed by atoms with Gasteiger partial charge in [-0.2, -0.15) is 0 Å². The van der Waals surface area contributed by atoms with Gasteiger partial charge in [-0.25, -0.2) is 9.78 Å². The molecule has 0 aliphatic heterocycles. The number of hydrogen-bond acceptors (Lipinski definition) is 4. The minimum Gasteiger partial charge on any atom is -0.444 e. The first-order chi connectivity index (χ1) is 9.37. The molecule has 0 aliphatic carbocycles. The molecule has 0 radical (unpaired) electrons. The Morgan fingerprint density at radius 3 is 2.85 bits per heavy atom. The van der Waals surface area contributed by atoms with E-state index in [1.807, 2.05) is 39.0 Å². The van der Waals surface area contributed by atoms with Gasteiger partial charge < -0.3 is 20.1 Å². The van der Waals surface area contributed by atoms with Crippen molar-refractivity contribution in [1.82, 2.24) is 15.3 Å². The van der Waals surface area contributed by atoms with Crippen molar-refractivity contribution < 1.29 is 14.6 Å². The average molecular weight is 277 g/mol. The SMILES string of the molecule is CC(C)(C)OC(=O)NCc1nc2ccc(CO)cc2[nH]1. The number of imidazole rings is 1. The normalized spacial score (nSPS) is 11.6. The topological polar surface area (TPSA) is 87.2 Å². The number of carbonyl (C=O) groups is 1. The maximum absolute atomic E-state index is 11.5. The molecule has 0 spiro atoms. The standard InChI is InChI=1S/C14H19N3O3/c1-14(2,3)20-13(19)15-7-12-16-10-5-4-9(8-18)6-11(10)17-12/h4-6,18H,7-8H2,1-3H3,(H,15,19)(H,16,17). The Hall–Kier alpha value is -2.08. The Morgan fingerprint density at radius 2 is 2.20 bits per heavy atom. The Balaban J connectivity index is 2.01. The quantitative estimate of drug-likeness (QED) is 0.801. The highest BCUT2D eigenvalue weighted by Crippen LogP contribution is 2.14. The van der Waals surface area contributed by atoms with Crippen molar-refractivity contribution in [2.24, 2.45) is 0 Å². The predicted octanol–water partition coefficient (Wildman–Crippen LogP) is 2.08. The van der Waals surface area contributed by atoms with Crippen molar-refractivity contribution in [2.75, 3.05) is 0 Å². The predicted molar refractivity (Wildman–Crippen MR) is 75.1 cm³/mol. The highest BCUT2D eigenvalue weighted by Gasteiger charge is 2.16. The maximum Gasteiger partial charge on any atom is 0.408 e. The van der Waals surface area contributed by atoms with Crippen LogP contribution < -0.4 is 5.32 Å². The Kier molecular flexibility index (Phi) is 3.94. The molecule has 0 atom stereocenters. The van der Waals surface area contributed by atoms with Crippen molar-refractivity contribution in [3.8, 4) is 0 Å². The number of benzene rings is 1. The van der Waals surface area contributed by atoms with Gasteiger partial charge in [-0.1, -0.05) is 6.07 Å². The summed E-state index contributed by atoms with van der Waals surface area (Å²) < 4.78 is 5.15. The second-order valence-electron chi connectivity index (χ2n) is 5.55. The molecule has 0 aliphatic rings. The Bertz CT molecular complexity index is 614. The van der Waals surface area contributed by atoms with E-state index in [1.54, 1.807) is 0 Å². The van der Waals surface area contributed by atoms with Crippen molar-refractivity contribution in [2.45, 2.75) is 39.5 Å². The number of aromatic nitrogens is 2. The zero-order valence-corrected chi connectivity index (χ0v) is 11.9. The van der Waals surface area contributed by atoms with Crippen LogP contribution in [0.2, 0.25) is 0 Å². The van der Waals surface area contributed by atoms with E-state index in [2.05, 4.69) is 15.3 Å². The molecule has 2 aromatic rings. The van der Waals surface area contributed by atoms with Gasteiger partial charge in [0, 0.05) is 0 Å². The van der Waals surface area contributed by atoms with Crippen molar-refractivity contribution in [3.05, 3.63) is 29.6 Å². The number of aliphatic hydroxyl groups excluding tert-OH is 1. The third kappa shape index (κ3) is 3.71. The molecule has 1 aromatic carbocycles. The number of nitrogens with one attached hydrogen (secondary N) is 2. The number of ether oxygens (including phenoxy) is 1. The van der Waals surface area contributed by atoms with Crippen molar-refractivity contribution in [3.63, 3.8) is 0 Å². The number of H-pyrrole nitrogens is 1. The number of nitrogens with zero attached hydrogens (tertiary/aromatic N) is 1. The fourth-order valence-corrected chi connectivity index (χ4v) is 1.76. The summed E-state index contributed by atoms with van der Waals surface area (Å²) in [6.45, 7) is 5.68. The summed E-state index contributed by atoms with van der Waals surface area (Å²) in [5.41, 5.74) is 1.92. The van der Waals surface area contributed by atoms with Gasteiger partial charge in [0.05, 0.1) is 24.2 Å². The van der Waals surface area contributed by atoms with Crippen LogP contribution in [-0.2, 0) is 17.9 Å². The number of alkyl carbamates (subject to hydrolysis) is 1. The fourth-order valence-electron chi connectivity index (χ4n) is 1.76. The van der Waals surface area contributed by atoms with Crippen LogP contribution in [0.4, 0.5) is 4.79 Å². The number of hydrogen-bond donors (Lipinski definition) is 3. The lowest BCUT2D eigenvalue weighted by Gasteiger charge is -2.19. The molecule has 3 N–H and O–H groups in total. The first-order valence-corrected chi connectivity index (χ1v) is 6.42. The van der Waals surface area contributed by atoms with E-state index in [-0.39, 0.29) is 13.2 Å². The second kappa shape index (κ2) is 5.50. The van der Waals surface area contributed by atoms with Gasteiger partial charge in [0.25, 0.3) is 0 Å². The zero-order chi connectivity index (χ0) is 14.8. The van der Waals surface area contributed by atoms with E-state index in [0.29, 0.717) is 5.82 Å². The molecule has 1 aromatic heterocycles. The average Bonchev–Trinajstić information content (AvgIpc) is 2.75. The molecule has 20 heavy (non-hydrogen) atoms.